The Bertz CT molecular complexity index is 925. The third-order valence-corrected chi connectivity index (χ3v) is 4.48. The van der Waals surface area contributed by atoms with Crippen LogP contribution in [0.5, 0.6) is 0 Å². The van der Waals surface area contributed by atoms with Crippen LogP contribution in [0.3, 0.4) is 0 Å². The van der Waals surface area contributed by atoms with Gasteiger partial charge in [0.15, 0.2) is 0 Å². The summed E-state index contributed by atoms with van der Waals surface area (Å²) in [5, 5.41) is 2.89. The molecule has 2 aromatic heterocycles. The first-order valence-corrected chi connectivity index (χ1v) is 7.87. The van der Waals surface area contributed by atoms with Gasteiger partial charge in [-0.15, -0.1) is 11.3 Å². The number of ketones is 1. The van der Waals surface area contributed by atoms with Crippen molar-refractivity contribution in [2.24, 2.45) is 0 Å². The van der Waals surface area contributed by atoms with E-state index in [4.69, 9.17) is 0 Å². The van der Waals surface area contributed by atoms with E-state index >= 15 is 0 Å². The standard InChI is InChI=1S/C16H17N3O2S/c1-9-10(5-6-12-13(9)17-8-22-12)14(20)11-7-18-19(15(11)21)16(2,3)4/h5-8,18H,1-4H3. The van der Waals surface area contributed by atoms with E-state index in [-0.39, 0.29) is 16.9 Å². The molecule has 0 aliphatic carbocycles. The topological polar surface area (TPSA) is 67.8 Å². The predicted molar refractivity (Wildman–Crippen MR) is 87.8 cm³/mol. The van der Waals surface area contributed by atoms with E-state index in [0.29, 0.717) is 5.56 Å². The summed E-state index contributed by atoms with van der Waals surface area (Å²) in [5.74, 6) is -0.267. The number of fused-ring (bicyclic) bond motifs is 1. The van der Waals surface area contributed by atoms with E-state index in [9.17, 15) is 9.59 Å². The Balaban J connectivity index is 2.13. The van der Waals surface area contributed by atoms with E-state index in [1.807, 2.05) is 33.8 Å². The third kappa shape index (κ3) is 2.20. The molecule has 2 heterocycles. The predicted octanol–water partition coefficient (Wildman–Crippen LogP) is 3.08. The van der Waals surface area contributed by atoms with Crippen LogP contribution in [0.1, 0.15) is 42.3 Å². The molecule has 0 aliphatic rings. The largest absolute Gasteiger partial charge is 0.302 e. The van der Waals surface area contributed by atoms with E-state index in [0.717, 1.165) is 15.8 Å². The molecule has 0 unspecified atom stereocenters. The van der Waals surface area contributed by atoms with Crippen LogP contribution in [0.15, 0.2) is 28.6 Å². The number of aromatic nitrogens is 3. The molecule has 0 bridgehead atoms. The number of nitrogens with one attached hydrogen (secondary N) is 1. The maximum absolute atomic E-state index is 12.7. The minimum Gasteiger partial charge on any atom is -0.302 e. The number of carbonyl (C=O) groups excluding carboxylic acids is 1. The summed E-state index contributed by atoms with van der Waals surface area (Å²) in [5.41, 5.74) is 3.38. The minimum absolute atomic E-state index is 0.160. The number of benzene rings is 1. The number of carbonyl (C=O) groups is 1. The maximum Gasteiger partial charge on any atom is 0.278 e. The van der Waals surface area contributed by atoms with Gasteiger partial charge in [0.1, 0.15) is 5.56 Å². The summed E-state index contributed by atoms with van der Waals surface area (Å²) < 4.78 is 2.51. The average Bonchev–Trinajstić information content (AvgIpc) is 3.04. The highest BCUT2D eigenvalue weighted by atomic mass is 32.1. The van der Waals surface area contributed by atoms with Gasteiger partial charge in [0, 0.05) is 11.8 Å². The monoisotopic (exact) mass is 315 g/mol. The van der Waals surface area contributed by atoms with Crippen molar-refractivity contribution in [3.63, 3.8) is 0 Å². The normalized spacial score (nSPS) is 12.0. The molecule has 5 nitrogen and oxygen atoms in total. The van der Waals surface area contributed by atoms with Crippen LogP contribution < -0.4 is 5.56 Å². The Labute approximate surface area is 131 Å². The lowest BCUT2D eigenvalue weighted by atomic mass is 10.00. The first-order valence-electron chi connectivity index (χ1n) is 6.99. The van der Waals surface area contributed by atoms with Crippen molar-refractivity contribution < 1.29 is 4.79 Å². The highest BCUT2D eigenvalue weighted by Crippen LogP contribution is 2.25. The summed E-state index contributed by atoms with van der Waals surface area (Å²) in [6.07, 6.45) is 1.49. The number of thiazole rings is 1. The molecule has 0 fully saturated rings. The van der Waals surface area contributed by atoms with Crippen molar-refractivity contribution in [1.29, 1.82) is 0 Å². The van der Waals surface area contributed by atoms with Gasteiger partial charge in [-0.05, 0) is 45.4 Å². The van der Waals surface area contributed by atoms with Crippen molar-refractivity contribution in [3.8, 4) is 0 Å². The van der Waals surface area contributed by atoms with Gasteiger partial charge in [-0.3, -0.25) is 9.59 Å². The Morgan fingerprint density at radius 1 is 1.27 bits per heavy atom. The first kappa shape index (κ1) is 14.7. The zero-order valence-corrected chi connectivity index (χ0v) is 13.7. The zero-order chi connectivity index (χ0) is 16.1. The van der Waals surface area contributed by atoms with Crippen LogP contribution in [0.4, 0.5) is 0 Å². The van der Waals surface area contributed by atoms with Gasteiger partial charge in [-0.25, -0.2) is 9.67 Å². The van der Waals surface area contributed by atoms with Crippen molar-refractivity contribution >= 4 is 27.3 Å². The zero-order valence-electron chi connectivity index (χ0n) is 12.9. The first-order chi connectivity index (χ1) is 10.3. The minimum atomic E-state index is -0.399. The average molecular weight is 315 g/mol. The second kappa shape index (κ2) is 4.91. The molecule has 0 aliphatic heterocycles. The van der Waals surface area contributed by atoms with Crippen LogP contribution in [0.2, 0.25) is 0 Å². The van der Waals surface area contributed by atoms with Gasteiger partial charge >= 0.3 is 0 Å². The van der Waals surface area contributed by atoms with Crippen LogP contribution in [0.25, 0.3) is 10.2 Å². The van der Waals surface area contributed by atoms with Gasteiger partial charge in [-0.2, -0.15) is 0 Å². The molecule has 6 heteroatoms. The molecular weight excluding hydrogens is 298 g/mol. The lowest BCUT2D eigenvalue weighted by Gasteiger charge is -2.18. The summed E-state index contributed by atoms with van der Waals surface area (Å²) in [6, 6.07) is 3.65. The Morgan fingerprint density at radius 3 is 2.64 bits per heavy atom. The molecule has 22 heavy (non-hydrogen) atoms. The maximum atomic E-state index is 12.7. The number of H-pyrrole nitrogens is 1. The molecule has 0 amide bonds. The molecule has 0 atom stereocenters. The van der Waals surface area contributed by atoms with Gasteiger partial charge in [0.05, 0.1) is 21.3 Å². The summed E-state index contributed by atoms with van der Waals surface area (Å²) in [7, 11) is 0. The summed E-state index contributed by atoms with van der Waals surface area (Å²) in [4.78, 5) is 29.5. The molecular formula is C16H17N3O2S. The lowest BCUT2D eigenvalue weighted by Crippen LogP contribution is -2.34. The number of aryl methyl sites for hydroxylation is 1. The Morgan fingerprint density at radius 2 is 2.00 bits per heavy atom. The van der Waals surface area contributed by atoms with Gasteiger partial charge in [0.25, 0.3) is 5.56 Å². The summed E-state index contributed by atoms with van der Waals surface area (Å²) >= 11 is 1.53. The van der Waals surface area contributed by atoms with E-state index in [1.54, 1.807) is 11.6 Å². The molecule has 1 N–H and O–H groups in total. The van der Waals surface area contributed by atoms with Gasteiger partial charge < -0.3 is 5.10 Å². The second-order valence-corrected chi connectivity index (χ2v) is 7.15. The fraction of sp³-hybridized carbons (Fsp3) is 0.312. The lowest BCUT2D eigenvalue weighted by molar-refractivity contribution is 0.103. The fourth-order valence-corrected chi connectivity index (χ4v) is 3.22. The van der Waals surface area contributed by atoms with E-state index in [2.05, 4.69) is 10.1 Å². The van der Waals surface area contributed by atoms with Gasteiger partial charge in [0.2, 0.25) is 5.78 Å². The molecule has 0 radical (unpaired) electrons. The van der Waals surface area contributed by atoms with Crippen molar-refractivity contribution in [3.05, 3.63) is 50.9 Å². The SMILES string of the molecule is Cc1c(C(=O)c2c[nH]n(C(C)(C)C)c2=O)ccc2scnc12. The van der Waals surface area contributed by atoms with E-state index in [1.165, 1.54) is 22.2 Å². The quantitative estimate of drug-likeness (QED) is 0.739. The number of hydrogen-bond donors (Lipinski definition) is 1. The Kier molecular flexibility index (Phi) is 3.29. The van der Waals surface area contributed by atoms with Crippen LogP contribution >= 0.6 is 11.3 Å². The molecule has 3 rings (SSSR count). The fourth-order valence-electron chi connectivity index (χ4n) is 2.49. The Hall–Kier alpha value is -2.21. The molecule has 1 aromatic carbocycles. The highest BCUT2D eigenvalue weighted by Gasteiger charge is 2.23. The van der Waals surface area contributed by atoms with Gasteiger partial charge in [-0.1, -0.05) is 0 Å². The third-order valence-electron chi connectivity index (χ3n) is 3.69. The van der Waals surface area contributed by atoms with Crippen molar-refractivity contribution in [2.45, 2.75) is 33.2 Å². The van der Waals surface area contributed by atoms with Crippen LogP contribution in [-0.4, -0.2) is 20.5 Å². The highest BCUT2D eigenvalue weighted by molar-refractivity contribution is 7.16. The van der Waals surface area contributed by atoms with Crippen molar-refractivity contribution in [1.82, 2.24) is 14.8 Å². The smallest absolute Gasteiger partial charge is 0.278 e. The molecule has 0 saturated heterocycles. The number of rotatable bonds is 2. The summed E-state index contributed by atoms with van der Waals surface area (Å²) in [6.45, 7) is 7.59. The second-order valence-electron chi connectivity index (χ2n) is 6.26. The number of nitrogens with zero attached hydrogens (tertiary/aromatic N) is 2. The van der Waals surface area contributed by atoms with Crippen LogP contribution in [0, 0.1) is 6.92 Å². The molecule has 0 spiro atoms. The molecule has 0 saturated carbocycles. The number of aromatic amines is 1. The van der Waals surface area contributed by atoms with E-state index < -0.39 is 5.54 Å². The molecule has 114 valence electrons. The number of hydrogen-bond acceptors (Lipinski definition) is 4. The molecule has 3 aromatic rings. The van der Waals surface area contributed by atoms with Crippen LogP contribution in [-0.2, 0) is 5.54 Å². The van der Waals surface area contributed by atoms with Crippen molar-refractivity contribution in [2.75, 3.05) is 0 Å².